The van der Waals surface area contributed by atoms with Crippen LogP contribution in [-0.2, 0) is 10.1 Å². The fraction of sp³-hybridized carbons (Fsp3) is 0.300. The molecule has 17 heavy (non-hydrogen) atoms. The molecular weight excluding hydrogens is 251 g/mol. The summed E-state index contributed by atoms with van der Waals surface area (Å²) in [5.41, 5.74) is 1.67. The van der Waals surface area contributed by atoms with Crippen molar-refractivity contribution in [3.63, 3.8) is 0 Å². The van der Waals surface area contributed by atoms with Crippen LogP contribution >= 0.6 is 0 Å². The second-order valence-corrected chi connectivity index (χ2v) is 5.24. The monoisotopic (exact) mass is 264 g/mol. The van der Waals surface area contributed by atoms with E-state index in [-0.39, 0.29) is 42.8 Å². The van der Waals surface area contributed by atoms with Gasteiger partial charge in [-0.25, -0.2) is 4.98 Å². The summed E-state index contributed by atoms with van der Waals surface area (Å²) >= 11 is 0. The first kappa shape index (κ1) is 14.7. The number of hydrogen-bond acceptors (Lipinski definition) is 3. The minimum Gasteiger partial charge on any atom is -1.00 e. The standard InChI is InChI=1S/C10H12N2O3S.Na.H/c1-8(6-16(13,14)15)12-7-11-9-4-2-3-5-10(9)12;;/h2-5,7-8H,6H2,1H3,(H,13,14,15);;/q;+1;-1. The van der Waals surface area contributed by atoms with Crippen molar-refractivity contribution < 1.29 is 44.0 Å². The Morgan fingerprint density at radius 1 is 1.47 bits per heavy atom. The fourth-order valence-corrected chi connectivity index (χ4v) is 2.48. The van der Waals surface area contributed by atoms with Crippen LogP contribution in [0.1, 0.15) is 14.4 Å². The number of imidazole rings is 1. The van der Waals surface area contributed by atoms with E-state index in [1.54, 1.807) is 17.8 Å². The fourth-order valence-electron chi connectivity index (χ4n) is 1.71. The summed E-state index contributed by atoms with van der Waals surface area (Å²) in [6.07, 6.45) is 1.58. The number of rotatable bonds is 3. The topological polar surface area (TPSA) is 72.2 Å². The normalized spacial score (nSPS) is 13.3. The van der Waals surface area contributed by atoms with Crippen molar-refractivity contribution in [2.45, 2.75) is 13.0 Å². The summed E-state index contributed by atoms with van der Waals surface area (Å²) in [6, 6.07) is 7.10. The van der Waals surface area contributed by atoms with Crippen molar-refractivity contribution in [2.75, 3.05) is 5.75 Å². The van der Waals surface area contributed by atoms with Crippen LogP contribution in [0.25, 0.3) is 11.0 Å². The third kappa shape index (κ3) is 3.53. The largest absolute Gasteiger partial charge is 1.00 e. The second kappa shape index (κ2) is 5.49. The van der Waals surface area contributed by atoms with Gasteiger partial charge < -0.3 is 5.99 Å². The Hall–Kier alpha value is -0.400. The van der Waals surface area contributed by atoms with E-state index in [0.717, 1.165) is 11.0 Å². The predicted octanol–water partition coefficient (Wildman–Crippen LogP) is -1.40. The van der Waals surface area contributed by atoms with E-state index >= 15 is 0 Å². The molecule has 0 bridgehead atoms. The number of nitrogens with zero attached hydrogens (tertiary/aromatic N) is 2. The molecule has 0 saturated carbocycles. The summed E-state index contributed by atoms with van der Waals surface area (Å²) in [7, 11) is -3.97. The van der Waals surface area contributed by atoms with Crippen LogP contribution in [0.15, 0.2) is 30.6 Å². The maximum absolute atomic E-state index is 10.8. The molecule has 88 valence electrons. The summed E-state index contributed by atoms with van der Waals surface area (Å²) < 4.78 is 32.1. The molecule has 1 aromatic heterocycles. The number of hydrogen-bond donors (Lipinski definition) is 1. The molecule has 1 aromatic carbocycles. The van der Waals surface area contributed by atoms with Gasteiger partial charge in [0, 0.05) is 6.04 Å². The first-order valence-corrected chi connectivity index (χ1v) is 6.45. The smallest absolute Gasteiger partial charge is 1.00 e. The number of aromatic nitrogens is 2. The van der Waals surface area contributed by atoms with E-state index in [2.05, 4.69) is 4.98 Å². The Bertz CT molecular complexity index is 614. The van der Waals surface area contributed by atoms with Crippen molar-refractivity contribution in [3.8, 4) is 0 Å². The average molecular weight is 264 g/mol. The molecular formula is C10H13N2NaO3S. The Balaban J connectivity index is 0.00000144. The molecule has 1 atom stereocenters. The minimum atomic E-state index is -3.97. The van der Waals surface area contributed by atoms with Gasteiger partial charge in [0.1, 0.15) is 0 Å². The maximum atomic E-state index is 10.8. The van der Waals surface area contributed by atoms with E-state index < -0.39 is 10.1 Å². The molecule has 0 aliphatic rings. The molecule has 0 spiro atoms. The van der Waals surface area contributed by atoms with Gasteiger partial charge in [0.05, 0.1) is 23.1 Å². The molecule has 0 amide bonds. The third-order valence-corrected chi connectivity index (χ3v) is 3.31. The molecule has 5 nitrogen and oxygen atoms in total. The van der Waals surface area contributed by atoms with E-state index in [4.69, 9.17) is 4.55 Å². The van der Waals surface area contributed by atoms with Crippen molar-refractivity contribution in [1.82, 2.24) is 9.55 Å². The Morgan fingerprint density at radius 3 is 2.76 bits per heavy atom. The van der Waals surface area contributed by atoms with E-state index in [0.29, 0.717) is 0 Å². The van der Waals surface area contributed by atoms with Gasteiger partial charge in [-0.1, -0.05) is 12.1 Å². The van der Waals surface area contributed by atoms with Crippen LogP contribution in [0.3, 0.4) is 0 Å². The van der Waals surface area contributed by atoms with Crippen LogP contribution in [0, 0.1) is 0 Å². The van der Waals surface area contributed by atoms with Gasteiger partial charge in [-0.3, -0.25) is 4.55 Å². The number of benzene rings is 1. The zero-order valence-electron chi connectivity index (χ0n) is 10.7. The van der Waals surface area contributed by atoms with Gasteiger partial charge in [-0.05, 0) is 19.1 Å². The van der Waals surface area contributed by atoms with Crippen molar-refractivity contribution in [3.05, 3.63) is 30.6 Å². The molecule has 1 unspecified atom stereocenters. The summed E-state index contributed by atoms with van der Waals surface area (Å²) in [5, 5.41) is 0. The van der Waals surface area contributed by atoms with Crippen LogP contribution in [0.4, 0.5) is 0 Å². The van der Waals surface area contributed by atoms with Crippen LogP contribution in [0.5, 0.6) is 0 Å². The molecule has 7 heteroatoms. The van der Waals surface area contributed by atoms with Gasteiger partial charge in [0.2, 0.25) is 0 Å². The molecule has 2 aromatic rings. The van der Waals surface area contributed by atoms with Gasteiger partial charge in [-0.2, -0.15) is 8.42 Å². The minimum absolute atomic E-state index is 0. The van der Waals surface area contributed by atoms with E-state index in [1.165, 1.54) is 0 Å². The molecule has 0 aliphatic carbocycles. The maximum Gasteiger partial charge on any atom is 1.00 e. The third-order valence-electron chi connectivity index (χ3n) is 2.41. The SMILES string of the molecule is CC(CS(=O)(=O)O)n1cnc2ccccc21.[H-].[Na+]. The van der Waals surface area contributed by atoms with Gasteiger partial charge in [-0.15, -0.1) is 0 Å². The van der Waals surface area contributed by atoms with Gasteiger partial charge in [0.25, 0.3) is 10.1 Å². The molecule has 0 saturated heterocycles. The summed E-state index contributed by atoms with van der Waals surface area (Å²) in [4.78, 5) is 4.16. The zero-order chi connectivity index (χ0) is 11.8. The van der Waals surface area contributed by atoms with Gasteiger partial charge >= 0.3 is 29.6 Å². The Morgan fingerprint density at radius 2 is 2.12 bits per heavy atom. The van der Waals surface area contributed by atoms with E-state index in [1.807, 2.05) is 24.3 Å². The molecule has 0 radical (unpaired) electrons. The first-order chi connectivity index (χ1) is 7.47. The van der Waals surface area contributed by atoms with Crippen LogP contribution in [-0.4, -0.2) is 28.3 Å². The van der Waals surface area contributed by atoms with Crippen LogP contribution in [0.2, 0.25) is 0 Å². The Kier molecular flexibility index (Phi) is 4.74. The number of fused-ring (bicyclic) bond motifs is 1. The van der Waals surface area contributed by atoms with E-state index in [9.17, 15) is 8.42 Å². The predicted molar refractivity (Wildman–Crippen MR) is 62.0 cm³/mol. The molecule has 2 rings (SSSR count). The van der Waals surface area contributed by atoms with Crippen molar-refractivity contribution >= 4 is 21.2 Å². The molecule has 1 N–H and O–H groups in total. The number of para-hydroxylation sites is 2. The Labute approximate surface area is 123 Å². The molecule has 0 fully saturated rings. The van der Waals surface area contributed by atoms with Crippen LogP contribution < -0.4 is 29.6 Å². The zero-order valence-corrected chi connectivity index (χ0v) is 12.6. The summed E-state index contributed by atoms with van der Waals surface area (Å²) in [6.45, 7) is 1.72. The first-order valence-electron chi connectivity index (χ1n) is 4.84. The summed E-state index contributed by atoms with van der Waals surface area (Å²) in [5.74, 6) is -0.312. The second-order valence-electron chi connectivity index (χ2n) is 3.74. The quantitative estimate of drug-likeness (QED) is 0.547. The van der Waals surface area contributed by atoms with Gasteiger partial charge in [0.15, 0.2) is 0 Å². The van der Waals surface area contributed by atoms with Crippen molar-refractivity contribution in [2.24, 2.45) is 0 Å². The molecule has 0 aliphatic heterocycles. The molecule has 1 heterocycles. The average Bonchev–Trinajstić information content (AvgIpc) is 2.58. The van der Waals surface area contributed by atoms with Crippen molar-refractivity contribution in [1.29, 1.82) is 0 Å².